The lowest BCUT2D eigenvalue weighted by atomic mass is 10.1. The fourth-order valence-electron chi connectivity index (χ4n) is 3.45. The summed E-state index contributed by atoms with van der Waals surface area (Å²) in [6.45, 7) is 2.08. The number of nitrogens with zero attached hydrogens (tertiary/aromatic N) is 3. The molecule has 8 nitrogen and oxygen atoms in total. The minimum absolute atomic E-state index is 0.164. The van der Waals surface area contributed by atoms with Crippen LogP contribution in [0.1, 0.15) is 46.1 Å². The van der Waals surface area contributed by atoms with Crippen LogP contribution < -0.4 is 10.0 Å². The van der Waals surface area contributed by atoms with Gasteiger partial charge in [0.25, 0.3) is 5.91 Å². The number of carbonyl (C=O) groups excluding carboxylic acids is 1. The fourth-order valence-corrected chi connectivity index (χ4v) is 4.25. The largest absolute Gasteiger partial charge is 0.348 e. The van der Waals surface area contributed by atoms with Crippen molar-refractivity contribution in [2.45, 2.75) is 37.1 Å². The molecule has 0 spiro atoms. The van der Waals surface area contributed by atoms with Crippen molar-refractivity contribution in [3.05, 3.63) is 52.8 Å². The van der Waals surface area contributed by atoms with Crippen LogP contribution in [0.15, 0.2) is 35.2 Å². The Labute approximate surface area is 169 Å². The summed E-state index contributed by atoms with van der Waals surface area (Å²) >= 11 is 0. The van der Waals surface area contributed by atoms with Crippen molar-refractivity contribution in [3.8, 4) is 0 Å². The predicted octanol–water partition coefficient (Wildman–Crippen LogP) is 1.99. The number of aryl methyl sites for hydroxylation is 2. The molecular formula is C20H23N5O3S. The molecule has 9 heteroatoms. The van der Waals surface area contributed by atoms with E-state index in [1.54, 1.807) is 22.9 Å². The number of rotatable bonds is 6. The molecule has 0 saturated heterocycles. The van der Waals surface area contributed by atoms with Gasteiger partial charge in [0.15, 0.2) is 5.65 Å². The Balaban J connectivity index is 1.63. The van der Waals surface area contributed by atoms with Crippen LogP contribution in [0.4, 0.5) is 0 Å². The lowest BCUT2D eigenvalue weighted by molar-refractivity contribution is 0.0952. The topological polar surface area (TPSA) is 106 Å². The molecule has 1 amide bonds. The number of hydrogen-bond donors (Lipinski definition) is 2. The fraction of sp³-hybridized carbons (Fsp3) is 0.350. The molecule has 4 rings (SSSR count). The molecule has 0 aliphatic heterocycles. The van der Waals surface area contributed by atoms with Gasteiger partial charge in [-0.2, -0.15) is 5.10 Å². The maximum atomic E-state index is 13.0. The molecular weight excluding hydrogens is 390 g/mol. The molecule has 0 bridgehead atoms. The molecule has 2 heterocycles. The van der Waals surface area contributed by atoms with E-state index in [4.69, 9.17) is 4.98 Å². The molecule has 1 saturated carbocycles. The first-order valence-electron chi connectivity index (χ1n) is 9.45. The number of fused-ring (bicyclic) bond motifs is 1. The lowest BCUT2D eigenvalue weighted by Gasteiger charge is -2.10. The van der Waals surface area contributed by atoms with E-state index in [0.717, 1.165) is 29.6 Å². The van der Waals surface area contributed by atoms with Gasteiger partial charge in [0.2, 0.25) is 10.0 Å². The molecule has 1 aromatic carbocycles. The summed E-state index contributed by atoms with van der Waals surface area (Å²) in [5, 5.41) is 8.08. The van der Waals surface area contributed by atoms with Crippen molar-refractivity contribution in [3.63, 3.8) is 0 Å². The summed E-state index contributed by atoms with van der Waals surface area (Å²) in [5.41, 5.74) is 3.64. The van der Waals surface area contributed by atoms with Gasteiger partial charge in [0.1, 0.15) is 0 Å². The van der Waals surface area contributed by atoms with Gasteiger partial charge in [-0.15, -0.1) is 0 Å². The van der Waals surface area contributed by atoms with E-state index in [-0.39, 0.29) is 17.3 Å². The first-order valence-corrected chi connectivity index (χ1v) is 10.9. The van der Waals surface area contributed by atoms with E-state index in [1.165, 1.54) is 13.1 Å². The highest BCUT2D eigenvalue weighted by molar-refractivity contribution is 7.89. The van der Waals surface area contributed by atoms with Crippen LogP contribution >= 0.6 is 0 Å². The molecule has 1 fully saturated rings. The Hall–Kier alpha value is -2.78. The molecule has 0 atom stereocenters. The van der Waals surface area contributed by atoms with E-state index < -0.39 is 10.0 Å². The molecule has 1 aliphatic rings. The van der Waals surface area contributed by atoms with Crippen LogP contribution in [0.25, 0.3) is 11.0 Å². The third-order valence-electron chi connectivity index (χ3n) is 5.16. The van der Waals surface area contributed by atoms with Crippen LogP contribution in [0.3, 0.4) is 0 Å². The summed E-state index contributed by atoms with van der Waals surface area (Å²) in [7, 11) is -0.338. The van der Waals surface area contributed by atoms with Gasteiger partial charge in [-0.05, 0) is 50.6 Å². The van der Waals surface area contributed by atoms with Gasteiger partial charge < -0.3 is 5.32 Å². The van der Waals surface area contributed by atoms with Crippen LogP contribution in [0.2, 0.25) is 0 Å². The van der Waals surface area contributed by atoms with Crippen LogP contribution in [0.5, 0.6) is 0 Å². The summed E-state index contributed by atoms with van der Waals surface area (Å²) in [6, 6.07) is 8.38. The predicted molar refractivity (Wildman–Crippen MR) is 109 cm³/mol. The minimum atomic E-state index is -3.53. The van der Waals surface area contributed by atoms with Gasteiger partial charge in [-0.25, -0.2) is 18.1 Å². The van der Waals surface area contributed by atoms with Crippen molar-refractivity contribution in [1.82, 2.24) is 24.8 Å². The van der Waals surface area contributed by atoms with Crippen molar-refractivity contribution >= 4 is 27.0 Å². The number of benzene rings is 1. The molecule has 3 aromatic rings. The van der Waals surface area contributed by atoms with E-state index in [9.17, 15) is 13.2 Å². The third-order valence-corrected chi connectivity index (χ3v) is 6.57. The average molecular weight is 414 g/mol. The van der Waals surface area contributed by atoms with E-state index in [0.29, 0.717) is 22.7 Å². The zero-order valence-electron chi connectivity index (χ0n) is 16.6. The second-order valence-electron chi connectivity index (χ2n) is 7.31. The summed E-state index contributed by atoms with van der Waals surface area (Å²) in [6.07, 6.45) is 2.17. The Morgan fingerprint density at radius 1 is 1.28 bits per heavy atom. The number of sulfonamides is 1. The van der Waals surface area contributed by atoms with Crippen molar-refractivity contribution < 1.29 is 13.2 Å². The first-order chi connectivity index (χ1) is 13.8. The van der Waals surface area contributed by atoms with Gasteiger partial charge in [0.05, 0.1) is 21.5 Å². The first kappa shape index (κ1) is 19.5. The zero-order valence-corrected chi connectivity index (χ0v) is 17.4. The molecule has 152 valence electrons. The summed E-state index contributed by atoms with van der Waals surface area (Å²) in [5.74, 6) is 0.182. The van der Waals surface area contributed by atoms with Gasteiger partial charge >= 0.3 is 0 Å². The SMILES string of the molecule is CNS(=O)(=O)c1cccc(CNC(=O)c2cc(C3CC3)nc3c2c(C)nn3C)c1. The van der Waals surface area contributed by atoms with E-state index in [1.807, 2.05) is 20.0 Å². The van der Waals surface area contributed by atoms with Crippen LogP contribution in [0, 0.1) is 6.92 Å². The standard InChI is InChI=1S/C20H23N5O3S/c1-12-18-16(10-17(14-7-8-14)23-19(18)25(3)24-12)20(26)22-11-13-5-4-6-15(9-13)29(27,28)21-2/h4-6,9-10,14,21H,7-8,11H2,1-3H3,(H,22,26). The molecule has 1 aliphatic carbocycles. The number of carbonyl (C=O) groups is 1. The Morgan fingerprint density at radius 2 is 2.03 bits per heavy atom. The van der Waals surface area contributed by atoms with E-state index in [2.05, 4.69) is 15.1 Å². The smallest absolute Gasteiger partial charge is 0.252 e. The van der Waals surface area contributed by atoms with Crippen LogP contribution in [-0.2, 0) is 23.6 Å². The lowest BCUT2D eigenvalue weighted by Crippen LogP contribution is -2.24. The van der Waals surface area contributed by atoms with Crippen molar-refractivity contribution in [1.29, 1.82) is 0 Å². The molecule has 2 aromatic heterocycles. The quantitative estimate of drug-likeness (QED) is 0.643. The number of amides is 1. The van der Waals surface area contributed by atoms with Gasteiger partial charge in [-0.1, -0.05) is 12.1 Å². The minimum Gasteiger partial charge on any atom is -0.348 e. The van der Waals surface area contributed by atoms with Crippen LogP contribution in [-0.4, -0.2) is 36.1 Å². The second-order valence-corrected chi connectivity index (χ2v) is 9.20. The van der Waals surface area contributed by atoms with Gasteiger partial charge in [-0.3, -0.25) is 9.48 Å². The second kappa shape index (κ2) is 7.23. The third kappa shape index (κ3) is 3.75. The van der Waals surface area contributed by atoms with Crippen molar-refractivity contribution in [2.75, 3.05) is 7.05 Å². The molecule has 2 N–H and O–H groups in total. The highest BCUT2D eigenvalue weighted by Crippen LogP contribution is 2.40. The highest BCUT2D eigenvalue weighted by atomic mass is 32.2. The summed E-state index contributed by atoms with van der Waals surface area (Å²) < 4.78 is 28.0. The normalized spacial score (nSPS) is 14.3. The maximum Gasteiger partial charge on any atom is 0.252 e. The molecule has 0 radical (unpaired) electrons. The molecule has 0 unspecified atom stereocenters. The number of pyridine rings is 1. The van der Waals surface area contributed by atoms with Gasteiger partial charge in [0, 0.05) is 25.2 Å². The Bertz CT molecular complexity index is 1210. The highest BCUT2D eigenvalue weighted by Gasteiger charge is 2.28. The monoisotopic (exact) mass is 413 g/mol. The molecule has 29 heavy (non-hydrogen) atoms. The van der Waals surface area contributed by atoms with Crippen molar-refractivity contribution in [2.24, 2.45) is 7.05 Å². The number of hydrogen-bond acceptors (Lipinski definition) is 5. The van der Waals surface area contributed by atoms with E-state index >= 15 is 0 Å². The zero-order chi connectivity index (χ0) is 20.8. The number of aromatic nitrogens is 3. The Kier molecular flexibility index (Phi) is 4.87. The average Bonchev–Trinajstić information content (AvgIpc) is 3.52. The maximum absolute atomic E-state index is 13.0. The number of nitrogens with one attached hydrogen (secondary N) is 2. The Morgan fingerprint density at radius 3 is 2.72 bits per heavy atom. The summed E-state index contributed by atoms with van der Waals surface area (Å²) in [4.78, 5) is 17.9.